The van der Waals surface area contributed by atoms with E-state index in [1.807, 2.05) is 13.0 Å². The molecule has 2 aromatic rings. The zero-order valence-corrected chi connectivity index (χ0v) is 14.5. The van der Waals surface area contributed by atoms with Gasteiger partial charge in [0, 0.05) is 12.2 Å². The Labute approximate surface area is 146 Å². The Morgan fingerprint density at radius 2 is 1.88 bits per heavy atom. The number of carbonyl (C=O) groups is 1. The molecule has 8 heteroatoms. The summed E-state index contributed by atoms with van der Waals surface area (Å²) in [7, 11) is -3.70. The lowest BCUT2D eigenvalue weighted by molar-refractivity contribution is -0.123. The Hall–Kier alpha value is -2.58. The highest BCUT2D eigenvalue weighted by atomic mass is 32.2. The molecule has 3 N–H and O–H groups in total. The zero-order valence-electron chi connectivity index (χ0n) is 13.7. The van der Waals surface area contributed by atoms with E-state index in [9.17, 15) is 13.2 Å². The molecule has 1 amide bonds. The third kappa shape index (κ3) is 5.77. The van der Waals surface area contributed by atoms with Crippen molar-refractivity contribution in [3.8, 4) is 5.75 Å². The molecule has 0 aliphatic carbocycles. The third-order valence-electron chi connectivity index (χ3n) is 3.21. The van der Waals surface area contributed by atoms with Crippen molar-refractivity contribution in [3.05, 3.63) is 54.1 Å². The lowest BCUT2D eigenvalue weighted by Gasteiger charge is -2.10. The van der Waals surface area contributed by atoms with E-state index in [2.05, 4.69) is 10.0 Å². The van der Waals surface area contributed by atoms with Crippen molar-refractivity contribution < 1.29 is 23.1 Å². The predicted octanol–water partition coefficient (Wildman–Crippen LogP) is 1.28. The second-order valence-corrected chi connectivity index (χ2v) is 6.99. The summed E-state index contributed by atoms with van der Waals surface area (Å²) in [6, 6.07) is 12.8. The molecule has 0 bridgehead atoms. The first-order valence-electron chi connectivity index (χ1n) is 7.60. The summed E-state index contributed by atoms with van der Waals surface area (Å²) >= 11 is 0. The summed E-state index contributed by atoms with van der Waals surface area (Å²) < 4.78 is 32.5. The van der Waals surface area contributed by atoms with Crippen molar-refractivity contribution in [3.63, 3.8) is 0 Å². The standard InChI is InChI=1S/C17H20N2O5S/c1-13-3-2-4-14(11-13)19-25(22,23)16-7-5-15(6-8-16)24-12-17(21)18-9-10-20/h2-8,11,19-20H,9-10,12H2,1H3,(H,18,21). The van der Waals surface area contributed by atoms with Crippen molar-refractivity contribution in [2.75, 3.05) is 24.5 Å². The first kappa shape index (κ1) is 18.8. The van der Waals surface area contributed by atoms with Gasteiger partial charge in [0.1, 0.15) is 5.75 Å². The molecule has 0 radical (unpaired) electrons. The molecule has 0 saturated carbocycles. The van der Waals surface area contributed by atoms with Gasteiger partial charge in [-0.3, -0.25) is 9.52 Å². The van der Waals surface area contributed by atoms with E-state index in [-0.39, 0.29) is 30.6 Å². The largest absolute Gasteiger partial charge is 0.484 e. The van der Waals surface area contributed by atoms with Gasteiger partial charge < -0.3 is 15.2 Å². The first-order valence-corrected chi connectivity index (χ1v) is 9.09. The van der Waals surface area contributed by atoms with Crippen LogP contribution in [0.1, 0.15) is 5.56 Å². The molecule has 0 saturated heterocycles. The molecule has 0 aliphatic rings. The van der Waals surface area contributed by atoms with Gasteiger partial charge in [-0.15, -0.1) is 0 Å². The van der Waals surface area contributed by atoms with Crippen LogP contribution in [0.5, 0.6) is 5.75 Å². The fourth-order valence-electron chi connectivity index (χ4n) is 2.03. The number of rotatable bonds is 8. The second-order valence-electron chi connectivity index (χ2n) is 5.31. The Morgan fingerprint density at radius 3 is 2.52 bits per heavy atom. The number of anilines is 1. The van der Waals surface area contributed by atoms with Gasteiger partial charge in [-0.25, -0.2) is 8.42 Å². The smallest absolute Gasteiger partial charge is 0.261 e. The summed E-state index contributed by atoms with van der Waals surface area (Å²) in [6.07, 6.45) is 0. The number of hydrogen-bond acceptors (Lipinski definition) is 5. The summed E-state index contributed by atoms with van der Waals surface area (Å²) in [5.41, 5.74) is 1.43. The fraction of sp³-hybridized carbons (Fsp3) is 0.235. The second kappa shape index (κ2) is 8.50. The number of amides is 1. The number of ether oxygens (including phenoxy) is 1. The number of aryl methyl sites for hydroxylation is 1. The quantitative estimate of drug-likeness (QED) is 0.655. The van der Waals surface area contributed by atoms with Gasteiger partial charge in [0.05, 0.1) is 11.5 Å². The molecule has 134 valence electrons. The fourth-order valence-corrected chi connectivity index (χ4v) is 3.08. The monoisotopic (exact) mass is 364 g/mol. The lowest BCUT2D eigenvalue weighted by atomic mass is 10.2. The van der Waals surface area contributed by atoms with Crippen molar-refractivity contribution in [2.45, 2.75) is 11.8 Å². The molecule has 0 aromatic heterocycles. The summed E-state index contributed by atoms with van der Waals surface area (Å²) in [5.74, 6) is 0.000478. The number of sulfonamides is 1. The van der Waals surface area contributed by atoms with Gasteiger partial charge in [0.2, 0.25) is 0 Å². The molecule has 25 heavy (non-hydrogen) atoms. The number of nitrogens with one attached hydrogen (secondary N) is 2. The van der Waals surface area contributed by atoms with Crippen LogP contribution in [0, 0.1) is 6.92 Å². The van der Waals surface area contributed by atoms with Crippen LogP contribution in [0.4, 0.5) is 5.69 Å². The maximum Gasteiger partial charge on any atom is 0.261 e. The summed E-state index contributed by atoms with van der Waals surface area (Å²) in [6.45, 7) is 1.67. The molecule has 0 atom stereocenters. The van der Waals surface area contributed by atoms with Crippen LogP contribution in [0.15, 0.2) is 53.4 Å². The molecule has 7 nitrogen and oxygen atoms in total. The van der Waals surface area contributed by atoms with E-state index >= 15 is 0 Å². The van der Waals surface area contributed by atoms with Crippen LogP contribution in [0.2, 0.25) is 0 Å². The van der Waals surface area contributed by atoms with Crippen LogP contribution in [0.25, 0.3) is 0 Å². The Bertz CT molecular complexity index is 819. The molecular formula is C17H20N2O5S. The predicted molar refractivity (Wildman–Crippen MR) is 94.0 cm³/mol. The van der Waals surface area contributed by atoms with Crippen LogP contribution >= 0.6 is 0 Å². The Balaban J connectivity index is 1.99. The van der Waals surface area contributed by atoms with Crippen LogP contribution < -0.4 is 14.8 Å². The molecule has 0 unspecified atom stereocenters. The van der Waals surface area contributed by atoms with Gasteiger partial charge in [-0.2, -0.15) is 0 Å². The van der Waals surface area contributed by atoms with E-state index in [0.717, 1.165) is 5.56 Å². The Morgan fingerprint density at radius 1 is 1.16 bits per heavy atom. The number of hydrogen-bond donors (Lipinski definition) is 3. The molecule has 2 rings (SSSR count). The first-order chi connectivity index (χ1) is 11.9. The minimum Gasteiger partial charge on any atom is -0.484 e. The highest BCUT2D eigenvalue weighted by Crippen LogP contribution is 2.19. The highest BCUT2D eigenvalue weighted by molar-refractivity contribution is 7.92. The van der Waals surface area contributed by atoms with Crippen molar-refractivity contribution in [2.24, 2.45) is 0 Å². The zero-order chi connectivity index (χ0) is 18.3. The van der Waals surface area contributed by atoms with Crippen molar-refractivity contribution in [1.29, 1.82) is 0 Å². The van der Waals surface area contributed by atoms with E-state index in [1.54, 1.807) is 18.2 Å². The average molecular weight is 364 g/mol. The number of aliphatic hydroxyl groups excluding tert-OH is 1. The molecular weight excluding hydrogens is 344 g/mol. The minimum absolute atomic E-state index is 0.0890. The SMILES string of the molecule is Cc1cccc(NS(=O)(=O)c2ccc(OCC(=O)NCCO)cc2)c1. The van der Waals surface area contributed by atoms with Gasteiger partial charge in [-0.1, -0.05) is 12.1 Å². The normalized spacial score (nSPS) is 11.0. The molecule has 0 heterocycles. The van der Waals surface area contributed by atoms with Crippen LogP contribution in [-0.4, -0.2) is 39.2 Å². The highest BCUT2D eigenvalue weighted by Gasteiger charge is 2.14. The number of aliphatic hydroxyl groups is 1. The number of carbonyl (C=O) groups excluding carboxylic acids is 1. The van der Waals surface area contributed by atoms with Gasteiger partial charge in [0.15, 0.2) is 6.61 Å². The molecule has 0 fully saturated rings. The topological polar surface area (TPSA) is 105 Å². The molecule has 2 aromatic carbocycles. The lowest BCUT2D eigenvalue weighted by Crippen LogP contribution is -2.31. The number of benzene rings is 2. The van der Waals surface area contributed by atoms with Crippen LogP contribution in [-0.2, 0) is 14.8 Å². The maximum atomic E-state index is 12.4. The maximum absolute atomic E-state index is 12.4. The minimum atomic E-state index is -3.70. The van der Waals surface area contributed by atoms with Gasteiger partial charge >= 0.3 is 0 Å². The van der Waals surface area contributed by atoms with Gasteiger partial charge in [-0.05, 0) is 48.9 Å². The average Bonchev–Trinajstić information content (AvgIpc) is 2.58. The van der Waals surface area contributed by atoms with E-state index < -0.39 is 10.0 Å². The Kier molecular flexibility index (Phi) is 6.37. The van der Waals surface area contributed by atoms with E-state index in [0.29, 0.717) is 11.4 Å². The van der Waals surface area contributed by atoms with Crippen LogP contribution in [0.3, 0.4) is 0 Å². The van der Waals surface area contributed by atoms with Gasteiger partial charge in [0.25, 0.3) is 15.9 Å². The molecule has 0 aliphatic heterocycles. The summed E-state index contributed by atoms with van der Waals surface area (Å²) in [4.78, 5) is 11.5. The van der Waals surface area contributed by atoms with E-state index in [1.165, 1.54) is 24.3 Å². The molecule has 0 spiro atoms. The van der Waals surface area contributed by atoms with Crippen molar-refractivity contribution >= 4 is 21.6 Å². The van der Waals surface area contributed by atoms with Crippen molar-refractivity contribution in [1.82, 2.24) is 5.32 Å². The van der Waals surface area contributed by atoms with E-state index in [4.69, 9.17) is 9.84 Å². The summed E-state index contributed by atoms with van der Waals surface area (Å²) in [5, 5.41) is 11.1. The third-order valence-corrected chi connectivity index (χ3v) is 4.61.